The molecule has 4 N–H and O–H groups in total. The molecule has 0 rings (SSSR count). The molecule has 8 heteroatoms. The van der Waals surface area contributed by atoms with Crippen molar-refractivity contribution >= 4 is 19.9 Å². The summed E-state index contributed by atoms with van der Waals surface area (Å²) in [6, 6.07) is 1.04. The highest BCUT2D eigenvalue weighted by atomic mass is 28.3. The van der Waals surface area contributed by atoms with Gasteiger partial charge in [-0.25, -0.2) is 15.8 Å². The Morgan fingerprint density at radius 3 is 2.50 bits per heavy atom. The van der Waals surface area contributed by atoms with Crippen LogP contribution in [0.3, 0.4) is 0 Å². The van der Waals surface area contributed by atoms with Crippen LogP contribution in [-0.4, -0.2) is 44.9 Å². The zero-order valence-electron chi connectivity index (χ0n) is 11.6. The maximum Gasteiger partial charge on any atom is 0.375 e. The minimum Gasteiger partial charge on any atom is -0.460 e. The number of carbonyl (C=O) groups excluding carboxylic acids is 1. The molecule has 0 aliphatic carbocycles. The van der Waals surface area contributed by atoms with E-state index in [-0.39, 0.29) is 19.2 Å². The molecule has 0 amide bonds. The summed E-state index contributed by atoms with van der Waals surface area (Å²) >= 11 is 0. The molecule has 0 aromatic carbocycles. The number of carbonyl (C=O) groups is 1. The summed E-state index contributed by atoms with van der Waals surface area (Å²) in [5.74, 6) is 4.53. The lowest BCUT2D eigenvalue weighted by Gasteiger charge is -2.17. The Morgan fingerprint density at radius 1 is 1.39 bits per heavy atom. The third-order valence-corrected chi connectivity index (χ3v) is 3.64. The lowest BCUT2D eigenvalue weighted by molar-refractivity contribution is -0.135. The molecule has 0 aliphatic rings. The SMILES string of the molecule is CCOC(=O)/C(N)=N/N(N)COCC[Si](C)(C)C. The van der Waals surface area contributed by atoms with Gasteiger partial charge in [0.25, 0.3) is 0 Å². The second-order valence-electron chi connectivity index (χ2n) is 4.99. The summed E-state index contributed by atoms with van der Waals surface area (Å²) in [6.45, 7) is 9.41. The van der Waals surface area contributed by atoms with Crippen LogP contribution in [0.2, 0.25) is 25.7 Å². The zero-order valence-corrected chi connectivity index (χ0v) is 12.6. The van der Waals surface area contributed by atoms with Gasteiger partial charge in [-0.05, 0) is 13.0 Å². The summed E-state index contributed by atoms with van der Waals surface area (Å²) in [7, 11) is -1.11. The fourth-order valence-electron chi connectivity index (χ4n) is 0.950. The molecular formula is C10H24N4O3Si. The predicted octanol–water partition coefficient (Wildman–Crippen LogP) is 0.310. The third kappa shape index (κ3) is 8.96. The van der Waals surface area contributed by atoms with E-state index in [1.165, 1.54) is 0 Å². The molecular weight excluding hydrogens is 252 g/mol. The highest BCUT2D eigenvalue weighted by Gasteiger charge is 2.12. The summed E-state index contributed by atoms with van der Waals surface area (Å²) in [5, 5.41) is 4.63. The van der Waals surface area contributed by atoms with Gasteiger partial charge in [-0.1, -0.05) is 19.6 Å². The number of hydrogen-bond acceptors (Lipinski definition) is 6. The van der Waals surface area contributed by atoms with Crippen molar-refractivity contribution in [3.63, 3.8) is 0 Å². The molecule has 0 saturated heterocycles. The Kier molecular flexibility index (Phi) is 7.56. The van der Waals surface area contributed by atoms with Crippen LogP contribution >= 0.6 is 0 Å². The third-order valence-electron chi connectivity index (χ3n) is 1.94. The van der Waals surface area contributed by atoms with Crippen molar-refractivity contribution in [2.75, 3.05) is 19.9 Å². The van der Waals surface area contributed by atoms with Crippen molar-refractivity contribution in [1.82, 2.24) is 5.12 Å². The largest absolute Gasteiger partial charge is 0.460 e. The Hall–Kier alpha value is -1.12. The number of hydrazone groups is 1. The number of nitrogens with zero attached hydrogens (tertiary/aromatic N) is 2. The molecule has 0 aliphatic heterocycles. The monoisotopic (exact) mass is 276 g/mol. The molecule has 0 unspecified atom stereocenters. The van der Waals surface area contributed by atoms with Crippen LogP contribution in [0, 0.1) is 0 Å². The van der Waals surface area contributed by atoms with Crippen molar-refractivity contribution in [2.45, 2.75) is 32.6 Å². The molecule has 0 spiro atoms. The maximum atomic E-state index is 11.1. The molecule has 0 atom stereocenters. The summed E-state index contributed by atoms with van der Waals surface area (Å²) in [5.41, 5.74) is 5.38. The molecule has 0 radical (unpaired) electrons. The number of hydrogen-bond donors (Lipinski definition) is 2. The van der Waals surface area contributed by atoms with Gasteiger partial charge in [0.15, 0.2) is 6.73 Å². The zero-order chi connectivity index (χ0) is 14.2. The quantitative estimate of drug-likeness (QED) is 0.101. The first kappa shape index (κ1) is 16.9. The highest BCUT2D eigenvalue weighted by molar-refractivity contribution is 6.76. The molecule has 0 aromatic rings. The van der Waals surface area contributed by atoms with Gasteiger partial charge in [0.1, 0.15) is 0 Å². The minimum absolute atomic E-state index is 0.0879. The van der Waals surface area contributed by atoms with Crippen LogP contribution in [0.15, 0.2) is 5.10 Å². The Labute approximate surface area is 109 Å². The first-order valence-electron chi connectivity index (χ1n) is 5.87. The van der Waals surface area contributed by atoms with E-state index in [9.17, 15) is 4.79 Å². The standard InChI is InChI=1S/C10H24N4O3Si/c1-5-17-10(15)9(11)13-14(12)8-16-6-7-18(2,3)4/h5-8,12H2,1-4H3,(H2,11,13). The second-order valence-corrected chi connectivity index (χ2v) is 10.6. The second kappa shape index (κ2) is 8.06. The van der Waals surface area contributed by atoms with E-state index in [1.807, 2.05) is 0 Å². The average molecular weight is 276 g/mol. The van der Waals surface area contributed by atoms with E-state index < -0.39 is 14.0 Å². The lowest BCUT2D eigenvalue weighted by Crippen LogP contribution is -2.35. The van der Waals surface area contributed by atoms with E-state index >= 15 is 0 Å². The van der Waals surface area contributed by atoms with Gasteiger partial charge in [0, 0.05) is 14.7 Å². The van der Waals surface area contributed by atoms with Gasteiger partial charge in [-0.3, -0.25) is 0 Å². The summed E-state index contributed by atoms with van der Waals surface area (Å²) < 4.78 is 10.00. The highest BCUT2D eigenvalue weighted by Crippen LogP contribution is 2.07. The van der Waals surface area contributed by atoms with E-state index in [0.717, 1.165) is 11.2 Å². The lowest BCUT2D eigenvalue weighted by atomic mass is 10.6. The Bertz CT molecular complexity index is 291. The summed E-state index contributed by atoms with van der Waals surface area (Å²) in [6.07, 6.45) is 0. The van der Waals surface area contributed by atoms with E-state index in [2.05, 4.69) is 29.5 Å². The molecule has 0 aromatic heterocycles. The fourth-order valence-corrected chi connectivity index (χ4v) is 1.71. The number of nitrogens with two attached hydrogens (primary N) is 2. The number of hydrazine groups is 1. The van der Waals surface area contributed by atoms with Crippen molar-refractivity contribution in [3.05, 3.63) is 0 Å². The van der Waals surface area contributed by atoms with Crippen LogP contribution in [-0.2, 0) is 14.3 Å². The van der Waals surface area contributed by atoms with Crippen LogP contribution in [0.1, 0.15) is 6.92 Å². The normalized spacial score (nSPS) is 12.4. The van der Waals surface area contributed by atoms with E-state index in [4.69, 9.17) is 16.3 Å². The van der Waals surface area contributed by atoms with Crippen molar-refractivity contribution in [3.8, 4) is 0 Å². The van der Waals surface area contributed by atoms with Crippen LogP contribution in [0.25, 0.3) is 0 Å². The molecule has 18 heavy (non-hydrogen) atoms. The topological polar surface area (TPSA) is 103 Å². The minimum atomic E-state index is -1.11. The van der Waals surface area contributed by atoms with Gasteiger partial charge < -0.3 is 15.2 Å². The van der Waals surface area contributed by atoms with E-state index in [0.29, 0.717) is 6.61 Å². The van der Waals surface area contributed by atoms with Gasteiger partial charge in [0.05, 0.1) is 6.61 Å². The van der Waals surface area contributed by atoms with Crippen molar-refractivity contribution in [2.24, 2.45) is 16.7 Å². The molecule has 0 heterocycles. The first-order valence-corrected chi connectivity index (χ1v) is 9.58. The number of rotatable bonds is 7. The fraction of sp³-hybridized carbons (Fsp3) is 0.800. The predicted molar refractivity (Wildman–Crippen MR) is 73.3 cm³/mol. The average Bonchev–Trinajstić information content (AvgIpc) is 2.23. The molecule has 0 bridgehead atoms. The Morgan fingerprint density at radius 2 is 2.00 bits per heavy atom. The van der Waals surface area contributed by atoms with E-state index in [1.54, 1.807) is 6.92 Å². The molecule has 0 saturated carbocycles. The van der Waals surface area contributed by atoms with Gasteiger partial charge >= 0.3 is 5.97 Å². The number of ether oxygens (including phenoxy) is 2. The molecule has 0 fully saturated rings. The Balaban J connectivity index is 3.92. The first-order chi connectivity index (χ1) is 8.26. The van der Waals surface area contributed by atoms with Crippen molar-refractivity contribution < 1.29 is 14.3 Å². The molecule has 106 valence electrons. The smallest absolute Gasteiger partial charge is 0.375 e. The molecule has 7 nitrogen and oxygen atoms in total. The summed E-state index contributed by atoms with van der Waals surface area (Å²) in [4.78, 5) is 11.1. The van der Waals surface area contributed by atoms with Gasteiger partial charge in [-0.2, -0.15) is 0 Å². The maximum absolute atomic E-state index is 11.1. The van der Waals surface area contributed by atoms with Gasteiger partial charge in [-0.15, -0.1) is 5.10 Å². The van der Waals surface area contributed by atoms with Crippen LogP contribution in [0.4, 0.5) is 0 Å². The number of esters is 1. The van der Waals surface area contributed by atoms with Crippen molar-refractivity contribution in [1.29, 1.82) is 0 Å². The van der Waals surface area contributed by atoms with Crippen LogP contribution < -0.4 is 11.6 Å². The number of amidine groups is 1. The van der Waals surface area contributed by atoms with Gasteiger partial charge in [0.2, 0.25) is 5.84 Å². The van der Waals surface area contributed by atoms with Crippen LogP contribution in [0.5, 0.6) is 0 Å².